The average Bonchev–Trinajstić information content (AvgIpc) is 2.48. The number of nitrogens with zero attached hydrogens (tertiary/aromatic N) is 1. The summed E-state index contributed by atoms with van der Waals surface area (Å²) in [6, 6.07) is 12.1. The summed E-state index contributed by atoms with van der Waals surface area (Å²) in [5, 5.41) is 13.2. The van der Waals surface area contributed by atoms with Gasteiger partial charge in [-0.15, -0.1) is 0 Å². The molecule has 2 aromatic carbocycles. The number of hydrogen-bond acceptors (Lipinski definition) is 2. The molecular formula is C17H15ClN2. The van der Waals surface area contributed by atoms with E-state index in [9.17, 15) is 0 Å². The molecular weight excluding hydrogens is 268 g/mol. The van der Waals surface area contributed by atoms with Gasteiger partial charge in [0.05, 0.1) is 11.6 Å². The first-order chi connectivity index (χ1) is 9.70. The number of rotatable bonds is 1. The summed E-state index contributed by atoms with van der Waals surface area (Å²) in [4.78, 5) is 0. The smallest absolute Gasteiger partial charge is 0.0991 e. The molecule has 0 unspecified atom stereocenters. The minimum Gasteiger partial charge on any atom is -0.312 e. The van der Waals surface area contributed by atoms with E-state index in [2.05, 4.69) is 17.5 Å². The Kier molecular flexibility index (Phi) is 3.48. The van der Waals surface area contributed by atoms with Gasteiger partial charge in [0.25, 0.3) is 0 Å². The zero-order chi connectivity index (χ0) is 14.1. The van der Waals surface area contributed by atoms with Crippen LogP contribution in [0.1, 0.15) is 22.3 Å². The van der Waals surface area contributed by atoms with Crippen LogP contribution in [-0.2, 0) is 13.0 Å². The van der Waals surface area contributed by atoms with Crippen molar-refractivity contribution in [1.82, 2.24) is 5.32 Å². The van der Waals surface area contributed by atoms with Gasteiger partial charge in [-0.05, 0) is 65.9 Å². The Morgan fingerprint density at radius 1 is 1.15 bits per heavy atom. The summed E-state index contributed by atoms with van der Waals surface area (Å²) in [5.41, 5.74) is 6.77. The fourth-order valence-electron chi connectivity index (χ4n) is 2.85. The van der Waals surface area contributed by atoms with E-state index in [-0.39, 0.29) is 0 Å². The molecule has 1 aliphatic rings. The highest BCUT2D eigenvalue weighted by atomic mass is 35.5. The zero-order valence-electron chi connectivity index (χ0n) is 11.3. The lowest BCUT2D eigenvalue weighted by Gasteiger charge is -2.22. The summed E-state index contributed by atoms with van der Waals surface area (Å²) in [6.07, 6.45) is 0.970. The summed E-state index contributed by atoms with van der Waals surface area (Å²) in [7, 11) is 0. The van der Waals surface area contributed by atoms with Crippen LogP contribution in [0.4, 0.5) is 0 Å². The molecule has 0 aliphatic carbocycles. The predicted octanol–water partition coefficient (Wildman–Crippen LogP) is 3.83. The predicted molar refractivity (Wildman–Crippen MR) is 81.8 cm³/mol. The van der Waals surface area contributed by atoms with Crippen LogP contribution in [0.25, 0.3) is 11.1 Å². The third-order valence-corrected chi connectivity index (χ3v) is 4.23. The van der Waals surface area contributed by atoms with Crippen molar-refractivity contribution in [2.75, 3.05) is 6.54 Å². The quantitative estimate of drug-likeness (QED) is 0.863. The number of fused-ring (bicyclic) bond motifs is 1. The van der Waals surface area contributed by atoms with Crippen LogP contribution in [0.2, 0.25) is 5.02 Å². The molecule has 2 nitrogen and oxygen atoms in total. The molecule has 3 rings (SSSR count). The normalized spacial score (nSPS) is 13.7. The van der Waals surface area contributed by atoms with Crippen LogP contribution in [0.5, 0.6) is 0 Å². The van der Waals surface area contributed by atoms with Crippen LogP contribution in [0.3, 0.4) is 0 Å². The van der Waals surface area contributed by atoms with E-state index < -0.39 is 0 Å². The van der Waals surface area contributed by atoms with E-state index in [1.807, 2.05) is 31.2 Å². The van der Waals surface area contributed by atoms with Crippen molar-refractivity contribution in [3.05, 3.63) is 57.6 Å². The van der Waals surface area contributed by atoms with Crippen molar-refractivity contribution in [2.45, 2.75) is 19.9 Å². The van der Waals surface area contributed by atoms with Crippen molar-refractivity contribution in [3.8, 4) is 17.2 Å². The maximum Gasteiger partial charge on any atom is 0.0991 e. The summed E-state index contributed by atoms with van der Waals surface area (Å²) in [6.45, 7) is 3.88. The van der Waals surface area contributed by atoms with Crippen LogP contribution in [0, 0.1) is 18.3 Å². The molecule has 0 saturated carbocycles. The molecule has 1 N–H and O–H groups in total. The first kappa shape index (κ1) is 13.2. The van der Waals surface area contributed by atoms with Gasteiger partial charge in [0.1, 0.15) is 0 Å². The number of nitriles is 1. The Labute approximate surface area is 124 Å². The molecule has 2 aromatic rings. The number of benzene rings is 2. The van der Waals surface area contributed by atoms with E-state index in [4.69, 9.17) is 16.9 Å². The van der Waals surface area contributed by atoms with E-state index >= 15 is 0 Å². The number of hydrogen-bond donors (Lipinski definition) is 1. The highest BCUT2D eigenvalue weighted by Gasteiger charge is 2.17. The lowest BCUT2D eigenvalue weighted by molar-refractivity contribution is 0.645. The third-order valence-electron chi connectivity index (χ3n) is 3.87. The fraction of sp³-hybridized carbons (Fsp3) is 0.235. The van der Waals surface area contributed by atoms with Crippen molar-refractivity contribution < 1.29 is 0 Å². The van der Waals surface area contributed by atoms with Gasteiger partial charge < -0.3 is 5.32 Å². The Hall–Kier alpha value is -1.82. The minimum absolute atomic E-state index is 0.701. The average molecular weight is 283 g/mol. The second-order valence-corrected chi connectivity index (χ2v) is 5.53. The first-order valence-electron chi connectivity index (χ1n) is 6.73. The Bertz CT molecular complexity index is 714. The van der Waals surface area contributed by atoms with Crippen molar-refractivity contribution in [1.29, 1.82) is 5.26 Å². The van der Waals surface area contributed by atoms with Gasteiger partial charge >= 0.3 is 0 Å². The molecule has 0 bridgehead atoms. The standard InChI is InChI=1S/C17H15ClN2/c1-11-8-12(9-19)2-3-13(11)14-4-5-17(18)15-6-7-20-10-16(14)15/h2-5,8,20H,6-7,10H2,1H3. The van der Waals surface area contributed by atoms with Crippen LogP contribution >= 0.6 is 11.6 Å². The Morgan fingerprint density at radius 3 is 2.70 bits per heavy atom. The monoisotopic (exact) mass is 282 g/mol. The number of nitrogens with one attached hydrogen (secondary N) is 1. The van der Waals surface area contributed by atoms with E-state index in [0.29, 0.717) is 5.56 Å². The molecule has 0 aromatic heterocycles. The topological polar surface area (TPSA) is 35.8 Å². The highest BCUT2D eigenvalue weighted by molar-refractivity contribution is 6.31. The van der Waals surface area contributed by atoms with Gasteiger partial charge in [-0.1, -0.05) is 23.7 Å². The van der Waals surface area contributed by atoms with Gasteiger partial charge in [-0.3, -0.25) is 0 Å². The van der Waals surface area contributed by atoms with Gasteiger partial charge in [0.2, 0.25) is 0 Å². The number of aryl methyl sites for hydroxylation is 1. The zero-order valence-corrected chi connectivity index (χ0v) is 12.1. The molecule has 0 saturated heterocycles. The Balaban J connectivity index is 2.18. The molecule has 0 radical (unpaired) electrons. The lowest BCUT2D eigenvalue weighted by atomic mass is 9.89. The SMILES string of the molecule is Cc1cc(C#N)ccc1-c1ccc(Cl)c2c1CNCC2. The largest absolute Gasteiger partial charge is 0.312 e. The van der Waals surface area contributed by atoms with Crippen LogP contribution in [-0.4, -0.2) is 6.54 Å². The molecule has 1 aliphatic heterocycles. The fourth-order valence-corrected chi connectivity index (χ4v) is 3.12. The van der Waals surface area contributed by atoms with Crippen molar-refractivity contribution in [3.63, 3.8) is 0 Å². The van der Waals surface area contributed by atoms with Crippen LogP contribution < -0.4 is 5.32 Å². The first-order valence-corrected chi connectivity index (χ1v) is 7.10. The second kappa shape index (κ2) is 5.28. The van der Waals surface area contributed by atoms with Gasteiger partial charge in [0.15, 0.2) is 0 Å². The van der Waals surface area contributed by atoms with Crippen molar-refractivity contribution in [2.24, 2.45) is 0 Å². The molecule has 0 amide bonds. The van der Waals surface area contributed by atoms with Crippen LogP contribution in [0.15, 0.2) is 30.3 Å². The van der Waals surface area contributed by atoms with E-state index in [0.717, 1.165) is 30.1 Å². The molecule has 100 valence electrons. The second-order valence-electron chi connectivity index (χ2n) is 5.12. The van der Waals surface area contributed by atoms with Crippen molar-refractivity contribution >= 4 is 11.6 Å². The molecule has 0 fully saturated rings. The van der Waals surface area contributed by atoms with E-state index in [1.54, 1.807) is 0 Å². The third kappa shape index (κ3) is 2.20. The lowest BCUT2D eigenvalue weighted by Crippen LogP contribution is -2.24. The Morgan fingerprint density at radius 2 is 1.95 bits per heavy atom. The molecule has 20 heavy (non-hydrogen) atoms. The molecule has 0 atom stereocenters. The molecule has 0 spiro atoms. The molecule has 1 heterocycles. The highest BCUT2D eigenvalue weighted by Crippen LogP contribution is 2.34. The maximum atomic E-state index is 8.97. The minimum atomic E-state index is 0.701. The number of halogens is 1. The summed E-state index contributed by atoms with van der Waals surface area (Å²) >= 11 is 6.32. The molecule has 3 heteroatoms. The van der Waals surface area contributed by atoms with Gasteiger partial charge in [0, 0.05) is 11.6 Å². The van der Waals surface area contributed by atoms with Gasteiger partial charge in [-0.25, -0.2) is 0 Å². The van der Waals surface area contributed by atoms with E-state index in [1.165, 1.54) is 22.3 Å². The van der Waals surface area contributed by atoms with Gasteiger partial charge in [-0.2, -0.15) is 5.26 Å². The maximum absolute atomic E-state index is 8.97. The summed E-state index contributed by atoms with van der Waals surface area (Å²) in [5.74, 6) is 0. The summed E-state index contributed by atoms with van der Waals surface area (Å²) < 4.78 is 0.